The summed E-state index contributed by atoms with van der Waals surface area (Å²) >= 11 is 13.2. The van der Waals surface area contributed by atoms with Crippen LogP contribution in [0.5, 0.6) is 0 Å². The molecule has 0 amide bonds. The van der Waals surface area contributed by atoms with Crippen molar-refractivity contribution in [1.29, 1.82) is 0 Å². The molecule has 1 heterocycles. The quantitative estimate of drug-likeness (QED) is 0.556. The van der Waals surface area contributed by atoms with E-state index in [0.29, 0.717) is 0 Å². The summed E-state index contributed by atoms with van der Waals surface area (Å²) < 4.78 is 1.96. The minimum atomic E-state index is 0.748. The smallest absolute Gasteiger partial charge is 0.138 e. The molecule has 0 unspecified atom stereocenters. The topological polar surface area (TPSA) is 28.7 Å². The van der Waals surface area contributed by atoms with Crippen LogP contribution in [-0.4, -0.2) is 9.97 Å². The predicted molar refractivity (Wildman–Crippen MR) is 86.7 cm³/mol. The van der Waals surface area contributed by atoms with Crippen molar-refractivity contribution in [3.63, 3.8) is 0 Å². The summed E-state index contributed by atoms with van der Waals surface area (Å²) in [7, 11) is 0. The van der Waals surface area contributed by atoms with Crippen LogP contribution in [0.15, 0.2) is 39.3 Å². The van der Waals surface area contributed by atoms with Crippen LogP contribution in [0.25, 0.3) is 22.4 Å². The van der Waals surface area contributed by atoms with Gasteiger partial charge in [-0.25, -0.2) is 4.98 Å². The molecule has 3 rings (SSSR count). The van der Waals surface area contributed by atoms with E-state index < -0.39 is 0 Å². The van der Waals surface area contributed by atoms with E-state index in [9.17, 15) is 0 Å². The van der Waals surface area contributed by atoms with E-state index in [1.807, 2.05) is 37.3 Å². The van der Waals surface area contributed by atoms with E-state index in [1.165, 1.54) is 0 Å². The number of halogens is 3. The zero-order chi connectivity index (χ0) is 13.6. The van der Waals surface area contributed by atoms with Gasteiger partial charge in [0.05, 0.1) is 5.52 Å². The van der Waals surface area contributed by atoms with Gasteiger partial charge in [0, 0.05) is 19.5 Å². The van der Waals surface area contributed by atoms with E-state index in [-0.39, 0.29) is 0 Å². The summed E-state index contributed by atoms with van der Waals surface area (Å²) in [6.45, 7) is 1.98. The van der Waals surface area contributed by atoms with Gasteiger partial charge in [-0.15, -0.1) is 0 Å². The summed E-state index contributed by atoms with van der Waals surface area (Å²) in [5.41, 5.74) is 3.93. The fourth-order valence-electron chi connectivity index (χ4n) is 1.92. The lowest BCUT2D eigenvalue weighted by Gasteiger charge is -2.00. The normalized spacial score (nSPS) is 11.2. The fourth-order valence-corrected chi connectivity index (χ4v) is 3.41. The molecule has 1 N–H and O–H groups in total. The Morgan fingerprint density at radius 2 is 1.95 bits per heavy atom. The van der Waals surface area contributed by atoms with Crippen LogP contribution >= 0.6 is 43.5 Å². The van der Waals surface area contributed by atoms with Crippen molar-refractivity contribution < 1.29 is 0 Å². The molecule has 96 valence electrons. The Morgan fingerprint density at radius 3 is 2.68 bits per heavy atom. The van der Waals surface area contributed by atoms with Crippen LogP contribution in [0, 0.1) is 6.92 Å². The van der Waals surface area contributed by atoms with Gasteiger partial charge in [-0.05, 0) is 46.6 Å². The molecular weight excluding hydrogens is 391 g/mol. The Hall–Kier alpha value is -0.840. The largest absolute Gasteiger partial charge is 0.338 e. The summed E-state index contributed by atoms with van der Waals surface area (Å²) in [6, 6.07) is 9.93. The second-order valence-electron chi connectivity index (χ2n) is 4.33. The summed E-state index contributed by atoms with van der Waals surface area (Å²) in [6.07, 6.45) is 0. The van der Waals surface area contributed by atoms with Crippen LogP contribution in [-0.2, 0) is 0 Å². The van der Waals surface area contributed by atoms with Crippen LogP contribution in [0.3, 0.4) is 0 Å². The van der Waals surface area contributed by atoms with Gasteiger partial charge in [0.15, 0.2) is 0 Å². The van der Waals surface area contributed by atoms with Crippen LogP contribution in [0.4, 0.5) is 0 Å². The molecule has 0 atom stereocenters. The van der Waals surface area contributed by atoms with Gasteiger partial charge < -0.3 is 4.98 Å². The van der Waals surface area contributed by atoms with E-state index in [1.54, 1.807) is 0 Å². The third-order valence-corrected chi connectivity index (χ3v) is 4.42. The monoisotopic (exact) mass is 398 g/mol. The number of rotatable bonds is 1. The summed E-state index contributed by atoms with van der Waals surface area (Å²) in [4.78, 5) is 7.92. The second-order valence-corrected chi connectivity index (χ2v) is 6.51. The number of hydrogen-bond donors (Lipinski definition) is 1. The molecule has 5 heteroatoms. The Bertz CT molecular complexity index is 780. The minimum absolute atomic E-state index is 0.748. The predicted octanol–water partition coefficient (Wildman–Crippen LogP) is 5.72. The molecule has 3 aromatic rings. The molecular formula is C14H9Br2ClN2. The Labute approximate surface area is 132 Å². The van der Waals surface area contributed by atoms with Gasteiger partial charge in [-0.3, -0.25) is 0 Å². The standard InChI is InChI=1S/C14H9Br2ClN2/c1-7-2-3-8(4-11(7)17)14-18-12-6-9(15)5-10(16)13(12)19-14/h2-6H,1H3,(H,18,19). The average molecular weight is 401 g/mol. The second kappa shape index (κ2) is 4.93. The van der Waals surface area contributed by atoms with Crippen LogP contribution in [0.2, 0.25) is 5.02 Å². The van der Waals surface area contributed by atoms with E-state index >= 15 is 0 Å². The molecule has 0 radical (unpaired) electrons. The van der Waals surface area contributed by atoms with Gasteiger partial charge in [0.25, 0.3) is 0 Å². The maximum atomic E-state index is 6.16. The molecule has 2 nitrogen and oxygen atoms in total. The zero-order valence-electron chi connectivity index (χ0n) is 9.97. The number of imidazole rings is 1. The lowest BCUT2D eigenvalue weighted by molar-refractivity contribution is 1.33. The summed E-state index contributed by atoms with van der Waals surface area (Å²) in [5, 5.41) is 0.748. The molecule has 0 bridgehead atoms. The number of fused-ring (bicyclic) bond motifs is 1. The first kappa shape index (κ1) is 13.2. The molecule has 0 saturated heterocycles. The van der Waals surface area contributed by atoms with Gasteiger partial charge in [-0.2, -0.15) is 0 Å². The van der Waals surface area contributed by atoms with Crippen LogP contribution in [0.1, 0.15) is 5.56 Å². The summed E-state index contributed by atoms with van der Waals surface area (Å²) in [5.74, 6) is 0.815. The highest BCUT2D eigenvalue weighted by molar-refractivity contribution is 9.11. The number of nitrogens with one attached hydrogen (secondary N) is 1. The average Bonchev–Trinajstić information content (AvgIpc) is 2.76. The van der Waals surface area contributed by atoms with Gasteiger partial charge in [0.1, 0.15) is 11.3 Å². The van der Waals surface area contributed by atoms with E-state index in [4.69, 9.17) is 11.6 Å². The van der Waals surface area contributed by atoms with Crippen LogP contribution < -0.4 is 0 Å². The van der Waals surface area contributed by atoms with Gasteiger partial charge >= 0.3 is 0 Å². The lowest BCUT2D eigenvalue weighted by atomic mass is 10.1. The zero-order valence-corrected chi connectivity index (χ0v) is 13.9. The fraction of sp³-hybridized carbons (Fsp3) is 0.0714. The SMILES string of the molecule is Cc1ccc(-c2nc3c(Br)cc(Br)cc3[nH]2)cc1Cl. The highest BCUT2D eigenvalue weighted by atomic mass is 79.9. The maximum Gasteiger partial charge on any atom is 0.138 e. The van der Waals surface area contributed by atoms with Gasteiger partial charge in [0.2, 0.25) is 0 Å². The van der Waals surface area contributed by atoms with E-state index in [0.717, 1.165) is 42.0 Å². The van der Waals surface area contributed by atoms with Crippen molar-refractivity contribution in [1.82, 2.24) is 9.97 Å². The molecule has 19 heavy (non-hydrogen) atoms. The number of aryl methyl sites for hydroxylation is 1. The van der Waals surface area contributed by atoms with Gasteiger partial charge in [-0.1, -0.05) is 39.7 Å². The van der Waals surface area contributed by atoms with Crippen molar-refractivity contribution in [2.45, 2.75) is 6.92 Å². The highest BCUT2D eigenvalue weighted by Gasteiger charge is 2.10. The number of aromatic nitrogens is 2. The Kier molecular flexibility index (Phi) is 3.41. The molecule has 0 saturated carbocycles. The highest BCUT2D eigenvalue weighted by Crippen LogP contribution is 2.30. The lowest BCUT2D eigenvalue weighted by Crippen LogP contribution is -1.82. The van der Waals surface area contributed by atoms with Crippen molar-refractivity contribution in [2.24, 2.45) is 0 Å². The molecule has 0 aliphatic rings. The maximum absolute atomic E-state index is 6.16. The first-order chi connectivity index (χ1) is 9.04. The Morgan fingerprint density at radius 1 is 1.16 bits per heavy atom. The van der Waals surface area contributed by atoms with Crippen molar-refractivity contribution in [3.05, 3.63) is 49.9 Å². The minimum Gasteiger partial charge on any atom is -0.338 e. The Balaban J connectivity index is 2.20. The number of hydrogen-bond acceptors (Lipinski definition) is 1. The van der Waals surface area contributed by atoms with E-state index in [2.05, 4.69) is 41.8 Å². The molecule has 0 aliphatic carbocycles. The molecule has 0 spiro atoms. The number of nitrogens with zero attached hydrogens (tertiary/aromatic N) is 1. The van der Waals surface area contributed by atoms with Crippen molar-refractivity contribution >= 4 is 54.5 Å². The van der Waals surface area contributed by atoms with Crippen molar-refractivity contribution in [3.8, 4) is 11.4 Å². The van der Waals surface area contributed by atoms with Crippen molar-refractivity contribution in [2.75, 3.05) is 0 Å². The third-order valence-electron chi connectivity index (χ3n) is 2.95. The number of H-pyrrole nitrogens is 1. The first-order valence-electron chi connectivity index (χ1n) is 5.66. The molecule has 0 aliphatic heterocycles. The molecule has 0 fully saturated rings. The number of benzene rings is 2. The molecule has 2 aromatic carbocycles. The first-order valence-corrected chi connectivity index (χ1v) is 7.62. The molecule has 1 aromatic heterocycles. The third kappa shape index (κ3) is 2.45. The number of aromatic amines is 1.